The van der Waals surface area contributed by atoms with Crippen LogP contribution in [0.2, 0.25) is 5.02 Å². The van der Waals surface area contributed by atoms with Crippen LogP contribution >= 0.6 is 11.6 Å². The van der Waals surface area contributed by atoms with Crippen molar-refractivity contribution in [2.24, 2.45) is 10.4 Å². The number of hydrogen-bond acceptors (Lipinski definition) is 4. The normalized spacial score (nSPS) is 21.5. The van der Waals surface area contributed by atoms with Gasteiger partial charge in [-0.1, -0.05) is 23.7 Å². The molecule has 0 spiro atoms. The Labute approximate surface area is 168 Å². The number of halogens is 1. The Kier molecular flexibility index (Phi) is 8.83. The van der Waals surface area contributed by atoms with Crippen molar-refractivity contribution in [3.05, 3.63) is 34.9 Å². The van der Waals surface area contributed by atoms with E-state index in [1.807, 2.05) is 12.1 Å². The Bertz CT molecular complexity index is 586. The second kappa shape index (κ2) is 10.9. The van der Waals surface area contributed by atoms with E-state index in [2.05, 4.69) is 48.7 Å². The summed E-state index contributed by atoms with van der Waals surface area (Å²) >= 11 is 6.02. The Morgan fingerprint density at radius 1 is 1.33 bits per heavy atom. The lowest BCUT2D eigenvalue weighted by atomic mass is 9.84. The van der Waals surface area contributed by atoms with Crippen molar-refractivity contribution in [3.63, 3.8) is 0 Å². The molecule has 1 saturated heterocycles. The summed E-state index contributed by atoms with van der Waals surface area (Å²) in [6.45, 7) is 5.81. The minimum atomic E-state index is -0.0474. The quantitative estimate of drug-likeness (QED) is 0.441. The van der Waals surface area contributed by atoms with Gasteiger partial charge in [-0.3, -0.25) is 4.99 Å². The molecule has 1 aliphatic heterocycles. The van der Waals surface area contributed by atoms with Crippen molar-refractivity contribution >= 4 is 17.6 Å². The third-order valence-electron chi connectivity index (χ3n) is 5.08. The van der Waals surface area contributed by atoms with Gasteiger partial charge >= 0.3 is 0 Å². The molecule has 27 heavy (non-hydrogen) atoms. The fraction of sp³-hybridized carbons (Fsp3) is 0.650. The van der Waals surface area contributed by atoms with Crippen molar-refractivity contribution in [2.45, 2.75) is 25.8 Å². The zero-order valence-electron chi connectivity index (χ0n) is 16.7. The molecule has 0 amide bonds. The number of benzene rings is 1. The molecule has 1 aromatic carbocycles. The second-order valence-corrected chi connectivity index (χ2v) is 7.82. The lowest BCUT2D eigenvalue weighted by Gasteiger charge is -2.27. The number of nitrogens with one attached hydrogen (secondary N) is 2. The zero-order chi connectivity index (χ0) is 19.7. The van der Waals surface area contributed by atoms with Crippen LogP contribution in [0.3, 0.4) is 0 Å². The van der Waals surface area contributed by atoms with Gasteiger partial charge in [-0.05, 0) is 51.6 Å². The van der Waals surface area contributed by atoms with Gasteiger partial charge in [0.05, 0.1) is 19.2 Å². The smallest absolute Gasteiger partial charge is 0.191 e. The highest BCUT2D eigenvalue weighted by atomic mass is 35.5. The number of hydrogen-bond donors (Lipinski definition) is 3. The molecule has 1 aliphatic rings. The highest BCUT2D eigenvalue weighted by Crippen LogP contribution is 2.32. The van der Waals surface area contributed by atoms with E-state index in [0.29, 0.717) is 13.2 Å². The summed E-state index contributed by atoms with van der Waals surface area (Å²) in [7, 11) is 4.13. The van der Waals surface area contributed by atoms with E-state index in [1.165, 1.54) is 5.56 Å². The summed E-state index contributed by atoms with van der Waals surface area (Å²) < 4.78 is 5.56. The average molecular weight is 397 g/mol. The summed E-state index contributed by atoms with van der Waals surface area (Å²) in [6, 6.07) is 8.17. The van der Waals surface area contributed by atoms with Crippen LogP contribution in [0.4, 0.5) is 0 Å². The summed E-state index contributed by atoms with van der Waals surface area (Å²) in [5, 5.41) is 16.9. The standard InChI is InChI=1S/C20H33ClN4O2/c1-4-22-19(24-14-20(9-11-26)10-12-27-15-20)23-13-18(25(2)3)16-5-7-17(21)8-6-16/h5-8,18,26H,4,9-15H2,1-3H3,(H2,22,23,24). The Morgan fingerprint density at radius 2 is 2.07 bits per heavy atom. The predicted octanol–water partition coefficient (Wildman–Crippen LogP) is 2.29. The highest BCUT2D eigenvalue weighted by molar-refractivity contribution is 6.30. The molecule has 1 fully saturated rings. The third kappa shape index (κ3) is 6.64. The van der Waals surface area contributed by atoms with Crippen LogP contribution in [0.15, 0.2) is 29.3 Å². The van der Waals surface area contributed by atoms with Gasteiger partial charge in [-0.15, -0.1) is 0 Å². The molecule has 2 unspecified atom stereocenters. The molecule has 0 aliphatic carbocycles. The molecule has 7 heteroatoms. The predicted molar refractivity (Wildman–Crippen MR) is 111 cm³/mol. The van der Waals surface area contributed by atoms with Crippen LogP contribution in [0.25, 0.3) is 0 Å². The number of guanidine groups is 1. The van der Waals surface area contributed by atoms with Crippen LogP contribution in [0.5, 0.6) is 0 Å². The average Bonchev–Trinajstić information content (AvgIpc) is 3.10. The lowest BCUT2D eigenvalue weighted by molar-refractivity contribution is 0.131. The van der Waals surface area contributed by atoms with Crippen molar-refractivity contribution in [1.82, 2.24) is 15.5 Å². The molecule has 1 heterocycles. The van der Waals surface area contributed by atoms with E-state index in [0.717, 1.165) is 43.5 Å². The first-order chi connectivity index (χ1) is 13.0. The van der Waals surface area contributed by atoms with E-state index in [1.54, 1.807) is 0 Å². The number of likely N-dealkylation sites (N-methyl/N-ethyl adjacent to an activating group) is 1. The van der Waals surface area contributed by atoms with Gasteiger partial charge in [0.2, 0.25) is 0 Å². The number of aliphatic imine (C=N–C) groups is 1. The largest absolute Gasteiger partial charge is 0.396 e. The Morgan fingerprint density at radius 3 is 2.63 bits per heavy atom. The highest BCUT2D eigenvalue weighted by Gasteiger charge is 2.34. The molecule has 0 saturated carbocycles. The van der Waals surface area contributed by atoms with Crippen LogP contribution < -0.4 is 10.6 Å². The summed E-state index contributed by atoms with van der Waals surface area (Å²) in [4.78, 5) is 6.97. The van der Waals surface area contributed by atoms with E-state index in [4.69, 9.17) is 21.3 Å². The van der Waals surface area contributed by atoms with E-state index >= 15 is 0 Å². The van der Waals surface area contributed by atoms with Gasteiger partial charge in [-0.25, -0.2) is 0 Å². The van der Waals surface area contributed by atoms with Gasteiger partial charge in [0, 0.05) is 36.7 Å². The molecule has 0 radical (unpaired) electrons. The molecular weight excluding hydrogens is 364 g/mol. The van der Waals surface area contributed by atoms with Crippen molar-refractivity contribution in [2.75, 3.05) is 53.6 Å². The maximum Gasteiger partial charge on any atom is 0.191 e. The first-order valence-corrected chi connectivity index (χ1v) is 10.00. The molecule has 0 bridgehead atoms. The van der Waals surface area contributed by atoms with Gasteiger partial charge in [-0.2, -0.15) is 0 Å². The molecule has 3 N–H and O–H groups in total. The number of aliphatic hydroxyl groups is 1. The Balaban J connectivity index is 2.03. The van der Waals surface area contributed by atoms with Crippen LogP contribution in [-0.4, -0.2) is 69.5 Å². The number of nitrogens with zero attached hydrogens (tertiary/aromatic N) is 2. The van der Waals surface area contributed by atoms with Crippen molar-refractivity contribution < 1.29 is 9.84 Å². The monoisotopic (exact) mass is 396 g/mol. The summed E-state index contributed by atoms with van der Waals surface area (Å²) in [6.07, 6.45) is 1.67. The van der Waals surface area contributed by atoms with Gasteiger partial charge in [0.15, 0.2) is 5.96 Å². The SMILES string of the molecule is CCNC(=NCC1(CCO)CCOC1)NCC(c1ccc(Cl)cc1)N(C)C. The maximum atomic E-state index is 9.39. The fourth-order valence-corrected chi connectivity index (χ4v) is 3.48. The van der Waals surface area contributed by atoms with Gasteiger partial charge in [0.1, 0.15) is 0 Å². The van der Waals surface area contributed by atoms with E-state index < -0.39 is 0 Å². The van der Waals surface area contributed by atoms with Gasteiger partial charge in [0.25, 0.3) is 0 Å². The molecule has 2 atom stereocenters. The number of rotatable bonds is 9. The van der Waals surface area contributed by atoms with Gasteiger partial charge < -0.3 is 25.4 Å². The molecule has 1 aromatic rings. The number of ether oxygens (including phenoxy) is 1. The topological polar surface area (TPSA) is 69.1 Å². The van der Waals surface area contributed by atoms with Crippen LogP contribution in [-0.2, 0) is 4.74 Å². The summed E-state index contributed by atoms with van der Waals surface area (Å²) in [5.74, 6) is 0.794. The minimum Gasteiger partial charge on any atom is -0.396 e. The third-order valence-corrected chi connectivity index (χ3v) is 5.34. The van der Waals surface area contributed by atoms with Crippen LogP contribution in [0, 0.1) is 5.41 Å². The van der Waals surface area contributed by atoms with E-state index in [-0.39, 0.29) is 18.1 Å². The van der Waals surface area contributed by atoms with Crippen LogP contribution in [0.1, 0.15) is 31.4 Å². The van der Waals surface area contributed by atoms with Crippen molar-refractivity contribution in [1.29, 1.82) is 0 Å². The molecular formula is C20H33ClN4O2. The number of aliphatic hydroxyl groups excluding tert-OH is 1. The molecule has 0 aromatic heterocycles. The maximum absolute atomic E-state index is 9.39. The fourth-order valence-electron chi connectivity index (χ4n) is 3.35. The first kappa shape index (κ1) is 22.0. The molecule has 2 rings (SSSR count). The Hall–Kier alpha value is -1.34. The minimum absolute atomic E-state index is 0.0474. The zero-order valence-corrected chi connectivity index (χ0v) is 17.4. The molecule has 152 valence electrons. The first-order valence-electron chi connectivity index (χ1n) is 9.62. The summed E-state index contributed by atoms with van der Waals surface area (Å²) in [5.41, 5.74) is 1.16. The lowest BCUT2D eigenvalue weighted by Crippen LogP contribution is -2.42. The van der Waals surface area contributed by atoms with Crippen molar-refractivity contribution in [3.8, 4) is 0 Å². The van der Waals surface area contributed by atoms with E-state index in [9.17, 15) is 5.11 Å². The molecule has 6 nitrogen and oxygen atoms in total. The second-order valence-electron chi connectivity index (χ2n) is 7.38.